The number of halogens is 1. The highest BCUT2D eigenvalue weighted by Gasteiger charge is 2.04. The lowest BCUT2D eigenvalue weighted by molar-refractivity contribution is 0.616. The molecule has 17 heavy (non-hydrogen) atoms. The van der Waals surface area contributed by atoms with Crippen LogP contribution in [0.5, 0.6) is 0 Å². The van der Waals surface area contributed by atoms with Gasteiger partial charge in [-0.25, -0.2) is 9.37 Å². The van der Waals surface area contributed by atoms with E-state index >= 15 is 0 Å². The zero-order valence-electron chi connectivity index (χ0n) is 9.27. The minimum Gasteiger partial charge on any atom is -0.326 e. The monoisotopic (exact) mass is 248 g/mol. The smallest absolute Gasteiger partial charge is 0.127 e. The maximum atomic E-state index is 13.5. The number of nitrogens with two attached hydrogens (primary N) is 1. The minimum absolute atomic E-state index is 0.189. The van der Waals surface area contributed by atoms with E-state index in [1.165, 1.54) is 17.8 Å². The van der Waals surface area contributed by atoms with Gasteiger partial charge in [0.1, 0.15) is 5.82 Å². The van der Waals surface area contributed by atoms with Crippen molar-refractivity contribution in [2.45, 2.75) is 17.3 Å². The Bertz CT molecular complexity index is 488. The maximum absolute atomic E-state index is 13.5. The number of benzene rings is 1. The van der Waals surface area contributed by atoms with E-state index in [1.807, 2.05) is 24.3 Å². The second-order valence-corrected chi connectivity index (χ2v) is 4.58. The van der Waals surface area contributed by atoms with Gasteiger partial charge in [-0.2, -0.15) is 0 Å². The molecule has 0 saturated heterocycles. The highest BCUT2D eigenvalue weighted by Crippen LogP contribution is 2.22. The Hall–Kier alpha value is -1.39. The number of pyridine rings is 1. The standard InChI is InChI=1S/C13H13FN2S/c14-12-5-4-10(8-15)7-11(12)9-17-13-3-1-2-6-16-13/h1-7H,8-9,15H2. The van der Waals surface area contributed by atoms with E-state index < -0.39 is 0 Å². The Morgan fingerprint density at radius 3 is 2.82 bits per heavy atom. The second kappa shape index (κ2) is 5.80. The van der Waals surface area contributed by atoms with Crippen LogP contribution in [0.1, 0.15) is 11.1 Å². The molecule has 0 amide bonds. The summed E-state index contributed by atoms with van der Waals surface area (Å²) in [4.78, 5) is 4.18. The molecule has 0 aliphatic carbocycles. The number of hydrogen-bond donors (Lipinski definition) is 1. The van der Waals surface area contributed by atoms with E-state index in [-0.39, 0.29) is 5.82 Å². The summed E-state index contributed by atoms with van der Waals surface area (Å²) in [5, 5.41) is 0.894. The van der Waals surface area contributed by atoms with Gasteiger partial charge in [0, 0.05) is 18.5 Å². The fourth-order valence-corrected chi connectivity index (χ4v) is 2.28. The first-order valence-corrected chi connectivity index (χ1v) is 6.29. The van der Waals surface area contributed by atoms with Crippen LogP contribution in [0.2, 0.25) is 0 Å². The van der Waals surface area contributed by atoms with Gasteiger partial charge in [0.2, 0.25) is 0 Å². The molecule has 2 nitrogen and oxygen atoms in total. The van der Waals surface area contributed by atoms with Crippen molar-refractivity contribution in [3.05, 3.63) is 59.5 Å². The average molecular weight is 248 g/mol. The minimum atomic E-state index is -0.189. The molecular weight excluding hydrogens is 235 g/mol. The largest absolute Gasteiger partial charge is 0.326 e. The van der Waals surface area contributed by atoms with Crippen LogP contribution < -0.4 is 5.73 Å². The van der Waals surface area contributed by atoms with E-state index in [9.17, 15) is 4.39 Å². The van der Waals surface area contributed by atoms with Crippen molar-refractivity contribution in [1.82, 2.24) is 4.98 Å². The molecule has 1 aromatic carbocycles. The van der Waals surface area contributed by atoms with Crippen LogP contribution in [0.4, 0.5) is 4.39 Å². The van der Waals surface area contributed by atoms with E-state index in [1.54, 1.807) is 12.3 Å². The first-order chi connectivity index (χ1) is 8.29. The third kappa shape index (κ3) is 3.28. The molecule has 0 atom stereocenters. The molecule has 1 aromatic heterocycles. The van der Waals surface area contributed by atoms with Gasteiger partial charge < -0.3 is 5.73 Å². The molecule has 0 aliphatic heterocycles. The molecule has 0 bridgehead atoms. The second-order valence-electron chi connectivity index (χ2n) is 3.59. The van der Waals surface area contributed by atoms with Crippen LogP contribution in [0.15, 0.2) is 47.6 Å². The summed E-state index contributed by atoms with van der Waals surface area (Å²) in [6.45, 7) is 0.432. The van der Waals surface area contributed by atoms with Gasteiger partial charge in [-0.3, -0.25) is 0 Å². The lowest BCUT2D eigenvalue weighted by atomic mass is 10.1. The third-order valence-electron chi connectivity index (χ3n) is 2.36. The fraction of sp³-hybridized carbons (Fsp3) is 0.154. The van der Waals surface area contributed by atoms with E-state index in [0.717, 1.165) is 10.6 Å². The fourth-order valence-electron chi connectivity index (χ4n) is 1.45. The Labute approximate surface area is 104 Å². The number of hydrogen-bond acceptors (Lipinski definition) is 3. The predicted molar refractivity (Wildman–Crippen MR) is 68.1 cm³/mol. The SMILES string of the molecule is NCc1ccc(F)c(CSc2ccccn2)c1. The first-order valence-electron chi connectivity index (χ1n) is 5.31. The van der Waals surface area contributed by atoms with Crippen molar-refractivity contribution in [3.8, 4) is 0 Å². The summed E-state index contributed by atoms with van der Waals surface area (Å²) in [6.07, 6.45) is 1.73. The predicted octanol–water partition coefficient (Wildman–Crippen LogP) is 2.97. The normalized spacial score (nSPS) is 10.5. The molecule has 2 N–H and O–H groups in total. The van der Waals surface area contributed by atoms with Gasteiger partial charge in [0.15, 0.2) is 0 Å². The van der Waals surface area contributed by atoms with Crippen molar-refractivity contribution in [1.29, 1.82) is 0 Å². The van der Waals surface area contributed by atoms with Gasteiger partial charge in [-0.05, 0) is 29.3 Å². The average Bonchev–Trinajstić information content (AvgIpc) is 2.39. The van der Waals surface area contributed by atoms with E-state index in [4.69, 9.17) is 5.73 Å². The topological polar surface area (TPSA) is 38.9 Å². The lowest BCUT2D eigenvalue weighted by Crippen LogP contribution is -1.98. The third-order valence-corrected chi connectivity index (χ3v) is 3.35. The zero-order valence-corrected chi connectivity index (χ0v) is 10.1. The van der Waals surface area contributed by atoms with Crippen molar-refractivity contribution in [2.24, 2.45) is 5.73 Å². The molecule has 0 fully saturated rings. The summed E-state index contributed by atoms with van der Waals surface area (Å²) in [5.74, 6) is 0.377. The summed E-state index contributed by atoms with van der Waals surface area (Å²) in [6, 6.07) is 10.7. The van der Waals surface area contributed by atoms with Crippen LogP contribution in [-0.4, -0.2) is 4.98 Å². The van der Waals surface area contributed by atoms with Crippen molar-refractivity contribution in [3.63, 3.8) is 0 Å². The summed E-state index contributed by atoms with van der Waals surface area (Å²) >= 11 is 1.51. The first kappa shape index (κ1) is 12.1. The van der Waals surface area contributed by atoms with Crippen LogP contribution in [0.3, 0.4) is 0 Å². The number of thioether (sulfide) groups is 1. The van der Waals surface area contributed by atoms with Gasteiger partial charge in [-0.1, -0.05) is 18.2 Å². The van der Waals surface area contributed by atoms with Crippen LogP contribution >= 0.6 is 11.8 Å². The lowest BCUT2D eigenvalue weighted by Gasteiger charge is -2.05. The molecule has 0 spiro atoms. The van der Waals surface area contributed by atoms with E-state index in [0.29, 0.717) is 17.9 Å². The molecule has 0 aliphatic rings. The molecule has 2 aromatic rings. The Morgan fingerprint density at radius 2 is 2.12 bits per heavy atom. The summed E-state index contributed by atoms with van der Waals surface area (Å²) in [7, 11) is 0. The van der Waals surface area contributed by atoms with Gasteiger partial charge in [0.25, 0.3) is 0 Å². The molecule has 0 unspecified atom stereocenters. The number of aromatic nitrogens is 1. The number of rotatable bonds is 4. The maximum Gasteiger partial charge on any atom is 0.127 e. The zero-order chi connectivity index (χ0) is 12.1. The molecule has 0 radical (unpaired) electrons. The Morgan fingerprint density at radius 1 is 1.24 bits per heavy atom. The Balaban J connectivity index is 2.08. The van der Waals surface area contributed by atoms with Gasteiger partial charge in [0.05, 0.1) is 5.03 Å². The molecule has 88 valence electrons. The molecule has 1 heterocycles. The molecule has 2 rings (SSSR count). The van der Waals surface area contributed by atoms with Gasteiger partial charge >= 0.3 is 0 Å². The van der Waals surface area contributed by atoms with Crippen LogP contribution in [0, 0.1) is 5.82 Å². The highest BCUT2D eigenvalue weighted by atomic mass is 32.2. The van der Waals surface area contributed by atoms with Crippen LogP contribution in [-0.2, 0) is 12.3 Å². The van der Waals surface area contributed by atoms with Gasteiger partial charge in [-0.15, -0.1) is 11.8 Å². The van der Waals surface area contributed by atoms with Crippen LogP contribution in [0.25, 0.3) is 0 Å². The molecule has 4 heteroatoms. The van der Waals surface area contributed by atoms with Crippen molar-refractivity contribution in [2.75, 3.05) is 0 Å². The van der Waals surface area contributed by atoms with Crippen molar-refractivity contribution >= 4 is 11.8 Å². The quantitative estimate of drug-likeness (QED) is 0.845. The van der Waals surface area contributed by atoms with Crippen molar-refractivity contribution < 1.29 is 4.39 Å². The number of nitrogens with zero attached hydrogens (tertiary/aromatic N) is 1. The van der Waals surface area contributed by atoms with E-state index in [2.05, 4.69) is 4.98 Å². The summed E-state index contributed by atoms with van der Waals surface area (Å²) < 4.78 is 13.5. The summed E-state index contributed by atoms with van der Waals surface area (Å²) in [5.41, 5.74) is 7.15. The highest BCUT2D eigenvalue weighted by molar-refractivity contribution is 7.98. The molecular formula is C13H13FN2S. The Kier molecular flexibility index (Phi) is 4.12. The molecule has 0 saturated carbocycles.